The van der Waals surface area contributed by atoms with Crippen molar-refractivity contribution in [3.8, 4) is 11.4 Å². The molecule has 2 aromatic carbocycles. The molecular formula is C19H18BrN5O3S. The second-order valence-corrected chi connectivity index (χ2v) is 8.27. The van der Waals surface area contributed by atoms with Gasteiger partial charge in [0.05, 0.1) is 10.2 Å². The molecule has 1 heterocycles. The summed E-state index contributed by atoms with van der Waals surface area (Å²) in [5.41, 5.74) is 1.45. The van der Waals surface area contributed by atoms with Gasteiger partial charge in [0.25, 0.3) is 5.69 Å². The molecule has 1 N–H and O–H groups in total. The number of amides is 1. The largest absolute Gasteiger partial charge is 0.325 e. The Bertz CT molecular complexity index is 1020. The first-order chi connectivity index (χ1) is 13.9. The molecule has 10 heteroatoms. The molecule has 0 fully saturated rings. The number of benzene rings is 2. The van der Waals surface area contributed by atoms with Gasteiger partial charge in [-0.1, -0.05) is 34.6 Å². The molecule has 0 aliphatic rings. The molecule has 29 heavy (non-hydrogen) atoms. The van der Waals surface area contributed by atoms with E-state index < -0.39 is 4.92 Å². The second-order valence-electron chi connectivity index (χ2n) is 6.18. The number of nitrogens with one attached hydrogen (secondary N) is 1. The summed E-state index contributed by atoms with van der Waals surface area (Å²) in [6.45, 7) is 1.94. The quantitative estimate of drug-likeness (QED) is 0.302. The molecule has 0 unspecified atom stereocenters. The smallest absolute Gasteiger partial charge is 0.269 e. The molecule has 1 atom stereocenters. The molecule has 1 amide bonds. The van der Waals surface area contributed by atoms with Crippen molar-refractivity contribution in [3.05, 3.63) is 63.1 Å². The van der Waals surface area contributed by atoms with Gasteiger partial charge in [0.2, 0.25) is 5.91 Å². The van der Waals surface area contributed by atoms with Crippen LogP contribution in [0.15, 0.2) is 58.2 Å². The summed E-state index contributed by atoms with van der Waals surface area (Å²) in [6.07, 6.45) is 0.618. The number of nitro benzene ring substituents is 1. The van der Waals surface area contributed by atoms with Crippen LogP contribution >= 0.6 is 27.7 Å². The summed E-state index contributed by atoms with van der Waals surface area (Å²) in [5.74, 6) is 0.463. The van der Waals surface area contributed by atoms with E-state index in [-0.39, 0.29) is 16.8 Å². The highest BCUT2D eigenvalue weighted by Crippen LogP contribution is 2.29. The molecule has 3 rings (SSSR count). The lowest BCUT2D eigenvalue weighted by atomic mass is 10.2. The van der Waals surface area contributed by atoms with Crippen molar-refractivity contribution in [2.24, 2.45) is 7.05 Å². The lowest BCUT2D eigenvalue weighted by Crippen LogP contribution is -2.25. The number of rotatable bonds is 7. The van der Waals surface area contributed by atoms with Crippen molar-refractivity contribution in [2.75, 3.05) is 5.32 Å². The molecule has 0 bridgehead atoms. The van der Waals surface area contributed by atoms with Gasteiger partial charge in [-0.3, -0.25) is 14.9 Å². The number of aromatic nitrogens is 3. The van der Waals surface area contributed by atoms with E-state index in [1.54, 1.807) is 23.7 Å². The van der Waals surface area contributed by atoms with Gasteiger partial charge < -0.3 is 9.88 Å². The van der Waals surface area contributed by atoms with Gasteiger partial charge in [-0.05, 0) is 42.8 Å². The van der Waals surface area contributed by atoms with Crippen molar-refractivity contribution >= 4 is 45.0 Å². The lowest BCUT2D eigenvalue weighted by Gasteiger charge is -2.14. The van der Waals surface area contributed by atoms with E-state index in [4.69, 9.17) is 0 Å². The van der Waals surface area contributed by atoms with E-state index in [2.05, 4.69) is 31.4 Å². The lowest BCUT2D eigenvalue weighted by molar-refractivity contribution is -0.384. The molecule has 0 radical (unpaired) electrons. The standard InChI is InChI=1S/C19H18BrN5O3S/c1-3-16(18(26)21-14-8-6-13(20)7-9-14)29-19-23-22-17(24(19)2)12-4-10-15(11-5-12)25(27)28/h4-11,16H,3H2,1-2H3,(H,21,26)/t16-/m0/s1. The highest BCUT2D eigenvalue weighted by molar-refractivity contribution is 9.10. The van der Waals surface area contributed by atoms with Crippen LogP contribution in [0.4, 0.5) is 11.4 Å². The highest BCUT2D eigenvalue weighted by Gasteiger charge is 2.22. The molecule has 8 nitrogen and oxygen atoms in total. The Morgan fingerprint density at radius 1 is 1.21 bits per heavy atom. The number of carbonyl (C=O) groups is 1. The predicted octanol–water partition coefficient (Wildman–Crippen LogP) is 4.66. The summed E-state index contributed by atoms with van der Waals surface area (Å²) in [5, 5.41) is 22.4. The Morgan fingerprint density at radius 3 is 2.45 bits per heavy atom. The molecule has 150 valence electrons. The molecule has 0 aliphatic heterocycles. The second kappa shape index (κ2) is 9.19. The van der Waals surface area contributed by atoms with Crippen molar-refractivity contribution < 1.29 is 9.72 Å². The maximum Gasteiger partial charge on any atom is 0.269 e. The van der Waals surface area contributed by atoms with Crippen LogP contribution in [0.1, 0.15) is 13.3 Å². The molecule has 0 aliphatic carbocycles. The van der Waals surface area contributed by atoms with Gasteiger partial charge in [0.15, 0.2) is 11.0 Å². The number of halogens is 1. The molecular weight excluding hydrogens is 458 g/mol. The molecule has 0 saturated heterocycles. The number of hydrogen-bond acceptors (Lipinski definition) is 6. The van der Waals surface area contributed by atoms with Gasteiger partial charge in [0.1, 0.15) is 0 Å². The maximum atomic E-state index is 12.7. The minimum absolute atomic E-state index is 0.0150. The fourth-order valence-electron chi connectivity index (χ4n) is 2.61. The van der Waals surface area contributed by atoms with Gasteiger partial charge in [-0.25, -0.2) is 0 Å². The van der Waals surface area contributed by atoms with Crippen LogP contribution in [-0.4, -0.2) is 30.8 Å². The van der Waals surface area contributed by atoms with Crippen LogP contribution in [0.25, 0.3) is 11.4 Å². The first-order valence-electron chi connectivity index (χ1n) is 8.76. The summed E-state index contributed by atoms with van der Waals surface area (Å²) in [6, 6.07) is 13.5. The van der Waals surface area contributed by atoms with Gasteiger partial charge >= 0.3 is 0 Å². The highest BCUT2D eigenvalue weighted by atomic mass is 79.9. The average Bonchev–Trinajstić information content (AvgIpc) is 3.08. The summed E-state index contributed by atoms with van der Waals surface area (Å²) in [7, 11) is 1.80. The number of anilines is 1. The molecule has 0 saturated carbocycles. The zero-order chi connectivity index (χ0) is 21.0. The zero-order valence-electron chi connectivity index (χ0n) is 15.7. The minimum Gasteiger partial charge on any atom is -0.325 e. The Labute approximate surface area is 180 Å². The fraction of sp³-hybridized carbons (Fsp3) is 0.211. The van der Waals surface area contributed by atoms with E-state index in [1.165, 1.54) is 23.9 Å². The van der Waals surface area contributed by atoms with Crippen molar-refractivity contribution in [1.82, 2.24) is 14.8 Å². The summed E-state index contributed by atoms with van der Waals surface area (Å²) in [4.78, 5) is 23.0. The Morgan fingerprint density at radius 2 is 1.86 bits per heavy atom. The maximum absolute atomic E-state index is 12.7. The first kappa shape index (κ1) is 21.0. The van der Waals surface area contributed by atoms with Gasteiger partial charge in [0, 0.05) is 34.9 Å². The molecule has 1 aromatic heterocycles. The number of nitrogens with zero attached hydrogens (tertiary/aromatic N) is 4. The zero-order valence-corrected chi connectivity index (χ0v) is 18.1. The Hall–Kier alpha value is -2.72. The van der Waals surface area contributed by atoms with Crippen LogP contribution in [0, 0.1) is 10.1 Å². The third-order valence-corrected chi connectivity index (χ3v) is 6.12. The number of nitro groups is 1. The van der Waals surface area contributed by atoms with E-state index >= 15 is 0 Å². The third kappa shape index (κ3) is 5.01. The van der Waals surface area contributed by atoms with E-state index in [9.17, 15) is 14.9 Å². The topological polar surface area (TPSA) is 103 Å². The number of thioether (sulfide) groups is 1. The normalized spacial score (nSPS) is 11.8. The van der Waals surface area contributed by atoms with Crippen LogP contribution in [-0.2, 0) is 11.8 Å². The van der Waals surface area contributed by atoms with Crippen LogP contribution in [0.3, 0.4) is 0 Å². The summed E-state index contributed by atoms with van der Waals surface area (Å²) < 4.78 is 2.72. The minimum atomic E-state index is -0.447. The van der Waals surface area contributed by atoms with Gasteiger partial charge in [-0.2, -0.15) is 0 Å². The van der Waals surface area contributed by atoms with Crippen LogP contribution in [0.2, 0.25) is 0 Å². The fourth-order valence-corrected chi connectivity index (χ4v) is 3.79. The predicted molar refractivity (Wildman–Crippen MR) is 116 cm³/mol. The van der Waals surface area contributed by atoms with Crippen LogP contribution < -0.4 is 5.32 Å². The monoisotopic (exact) mass is 475 g/mol. The van der Waals surface area contributed by atoms with Crippen LogP contribution in [0.5, 0.6) is 0 Å². The van der Waals surface area contributed by atoms with Gasteiger partial charge in [-0.15, -0.1) is 10.2 Å². The number of carbonyl (C=O) groups excluding carboxylic acids is 1. The number of hydrogen-bond donors (Lipinski definition) is 1. The average molecular weight is 476 g/mol. The summed E-state index contributed by atoms with van der Waals surface area (Å²) >= 11 is 4.70. The molecule has 0 spiro atoms. The van der Waals surface area contributed by atoms with Crippen molar-refractivity contribution in [1.29, 1.82) is 0 Å². The third-order valence-electron chi connectivity index (χ3n) is 4.19. The number of non-ortho nitro benzene ring substituents is 1. The van der Waals surface area contributed by atoms with Crippen molar-refractivity contribution in [3.63, 3.8) is 0 Å². The Kier molecular flexibility index (Phi) is 6.65. The van der Waals surface area contributed by atoms with E-state index in [0.29, 0.717) is 23.0 Å². The van der Waals surface area contributed by atoms with E-state index in [1.807, 2.05) is 31.2 Å². The molecule has 3 aromatic rings. The SMILES string of the molecule is CC[C@H](Sc1nnc(-c2ccc([N+](=O)[O-])cc2)n1C)C(=O)Nc1ccc(Br)cc1. The Balaban J connectivity index is 1.74. The van der Waals surface area contributed by atoms with E-state index in [0.717, 1.165) is 10.2 Å². The van der Waals surface area contributed by atoms with Crippen molar-refractivity contribution in [2.45, 2.75) is 23.8 Å². The first-order valence-corrected chi connectivity index (χ1v) is 10.4.